The van der Waals surface area contributed by atoms with Crippen molar-refractivity contribution in [2.24, 2.45) is 0 Å². The minimum absolute atomic E-state index is 0.252. The van der Waals surface area contributed by atoms with E-state index in [1.807, 2.05) is 6.07 Å². The number of carbonyl (C=O) groups excluding carboxylic acids is 1. The Morgan fingerprint density at radius 2 is 1.83 bits per heavy atom. The van der Waals surface area contributed by atoms with Gasteiger partial charge >= 0.3 is 5.00 Å². The van der Waals surface area contributed by atoms with Crippen LogP contribution in [0.15, 0.2) is 12.1 Å². The van der Waals surface area contributed by atoms with Gasteiger partial charge in [0.25, 0.3) is 0 Å². The summed E-state index contributed by atoms with van der Waals surface area (Å²) in [5.41, 5.74) is 3.26. The SMILES string of the molecule is CCCCc1c(-c2ccc(C=O)[nH]2)sc([N+](=O)[O-])c1CCCC. The van der Waals surface area contributed by atoms with Crippen molar-refractivity contribution in [1.29, 1.82) is 0 Å². The van der Waals surface area contributed by atoms with Crippen molar-refractivity contribution in [3.05, 3.63) is 39.1 Å². The number of unbranched alkanes of at least 4 members (excludes halogenated alkanes) is 2. The molecule has 6 heteroatoms. The van der Waals surface area contributed by atoms with Crippen LogP contribution in [-0.2, 0) is 12.8 Å². The van der Waals surface area contributed by atoms with E-state index in [0.29, 0.717) is 5.69 Å². The Kier molecular flexibility index (Phi) is 6.10. The number of aromatic amines is 1. The van der Waals surface area contributed by atoms with Crippen LogP contribution < -0.4 is 0 Å². The number of aldehydes is 1. The smallest absolute Gasteiger partial charge is 0.328 e. The first kappa shape index (κ1) is 17.4. The molecule has 0 aliphatic rings. The Balaban J connectivity index is 2.53. The minimum Gasteiger partial charge on any atom is -0.352 e. The number of nitrogens with zero attached hydrogens (tertiary/aromatic N) is 1. The molecule has 124 valence electrons. The summed E-state index contributed by atoms with van der Waals surface area (Å²) in [7, 11) is 0. The number of hydrogen-bond donors (Lipinski definition) is 1. The molecule has 0 spiro atoms. The lowest BCUT2D eigenvalue weighted by molar-refractivity contribution is -0.380. The third kappa shape index (κ3) is 3.88. The number of rotatable bonds is 9. The molecule has 0 atom stereocenters. The van der Waals surface area contributed by atoms with Gasteiger partial charge in [-0.2, -0.15) is 0 Å². The summed E-state index contributed by atoms with van der Waals surface area (Å²) < 4.78 is 0. The molecule has 2 heterocycles. The molecule has 5 nitrogen and oxygen atoms in total. The molecule has 0 bridgehead atoms. The highest BCUT2D eigenvalue weighted by Crippen LogP contribution is 2.42. The Labute approximate surface area is 139 Å². The number of nitro groups is 1. The molecule has 1 N–H and O–H groups in total. The van der Waals surface area contributed by atoms with Crippen LogP contribution in [0.25, 0.3) is 10.6 Å². The summed E-state index contributed by atoms with van der Waals surface area (Å²) in [6, 6.07) is 3.54. The van der Waals surface area contributed by atoms with Crippen molar-refractivity contribution in [2.75, 3.05) is 0 Å². The molecular formula is C17H22N2O3S. The lowest BCUT2D eigenvalue weighted by Crippen LogP contribution is -1.97. The molecule has 2 aromatic heterocycles. The maximum atomic E-state index is 11.5. The van der Waals surface area contributed by atoms with Crippen molar-refractivity contribution in [1.82, 2.24) is 4.98 Å². The molecular weight excluding hydrogens is 312 g/mol. The van der Waals surface area contributed by atoms with Crippen molar-refractivity contribution in [2.45, 2.75) is 52.4 Å². The van der Waals surface area contributed by atoms with Gasteiger partial charge in [0.05, 0.1) is 21.2 Å². The highest BCUT2D eigenvalue weighted by molar-refractivity contribution is 7.19. The zero-order valence-electron chi connectivity index (χ0n) is 13.6. The average molecular weight is 334 g/mol. The molecule has 0 aromatic carbocycles. The minimum atomic E-state index is -0.266. The molecule has 0 saturated heterocycles. The molecule has 0 radical (unpaired) electrons. The first-order valence-corrected chi connectivity index (χ1v) is 8.87. The third-order valence-electron chi connectivity index (χ3n) is 3.90. The second-order valence-corrected chi connectivity index (χ2v) is 6.60. The van der Waals surface area contributed by atoms with Gasteiger partial charge in [-0.3, -0.25) is 14.9 Å². The molecule has 23 heavy (non-hydrogen) atoms. The number of aromatic nitrogens is 1. The predicted octanol–water partition coefficient (Wildman–Crippen LogP) is 5.15. The van der Waals surface area contributed by atoms with Gasteiger partial charge in [0.1, 0.15) is 0 Å². The first-order chi connectivity index (χ1) is 11.1. The molecule has 0 saturated carbocycles. The van der Waals surface area contributed by atoms with Crippen LogP contribution in [0.4, 0.5) is 5.00 Å². The van der Waals surface area contributed by atoms with E-state index in [-0.39, 0.29) is 9.92 Å². The number of hydrogen-bond acceptors (Lipinski definition) is 4. The van der Waals surface area contributed by atoms with E-state index in [9.17, 15) is 14.9 Å². The molecule has 2 rings (SSSR count). The Morgan fingerprint density at radius 1 is 1.17 bits per heavy atom. The summed E-state index contributed by atoms with van der Waals surface area (Å²) in [5, 5.41) is 11.7. The van der Waals surface area contributed by atoms with Crippen LogP contribution in [0.3, 0.4) is 0 Å². The highest BCUT2D eigenvalue weighted by atomic mass is 32.1. The molecule has 0 fully saturated rings. The predicted molar refractivity (Wildman–Crippen MR) is 93.4 cm³/mol. The van der Waals surface area contributed by atoms with Crippen molar-refractivity contribution < 1.29 is 9.72 Å². The fourth-order valence-corrected chi connectivity index (χ4v) is 3.89. The van der Waals surface area contributed by atoms with Crippen molar-refractivity contribution in [3.8, 4) is 10.6 Å². The van der Waals surface area contributed by atoms with Gasteiger partial charge in [0, 0.05) is 5.56 Å². The molecule has 0 aliphatic carbocycles. The van der Waals surface area contributed by atoms with E-state index in [2.05, 4.69) is 18.8 Å². The van der Waals surface area contributed by atoms with Crippen LogP contribution >= 0.6 is 11.3 Å². The molecule has 0 amide bonds. The van der Waals surface area contributed by atoms with Gasteiger partial charge in [-0.05, 0) is 43.4 Å². The molecule has 0 aliphatic heterocycles. The normalized spacial score (nSPS) is 10.9. The van der Waals surface area contributed by atoms with Crippen LogP contribution in [0.1, 0.15) is 61.1 Å². The third-order valence-corrected chi connectivity index (χ3v) is 5.16. The zero-order valence-corrected chi connectivity index (χ0v) is 14.4. The summed E-state index contributed by atoms with van der Waals surface area (Å²) in [6.45, 7) is 4.21. The quantitative estimate of drug-likeness (QED) is 0.391. The number of carbonyl (C=O) groups is 1. The summed E-state index contributed by atoms with van der Waals surface area (Å²) in [6.07, 6.45) is 6.33. The second-order valence-electron chi connectivity index (χ2n) is 5.60. The molecule has 0 unspecified atom stereocenters. The van der Waals surface area contributed by atoms with Gasteiger partial charge < -0.3 is 4.98 Å². The highest BCUT2D eigenvalue weighted by Gasteiger charge is 2.26. The Morgan fingerprint density at radius 3 is 2.35 bits per heavy atom. The lowest BCUT2D eigenvalue weighted by Gasteiger charge is -2.05. The maximum absolute atomic E-state index is 11.5. The van der Waals surface area contributed by atoms with E-state index in [0.717, 1.165) is 66.5 Å². The second kappa shape index (κ2) is 8.06. The monoisotopic (exact) mass is 334 g/mol. The number of H-pyrrole nitrogens is 1. The van der Waals surface area contributed by atoms with Crippen molar-refractivity contribution >= 4 is 22.6 Å². The van der Waals surface area contributed by atoms with Crippen LogP contribution in [0.5, 0.6) is 0 Å². The summed E-state index contributed by atoms with van der Waals surface area (Å²) >= 11 is 1.23. The van der Waals surface area contributed by atoms with Gasteiger partial charge in [-0.1, -0.05) is 38.0 Å². The topological polar surface area (TPSA) is 76.0 Å². The standard InChI is InChI=1S/C17H22N2O3S/c1-3-5-7-13-14(8-6-4-2)17(19(21)22)23-16(13)15-10-9-12(11-20)18-15/h9-11,18H,3-8H2,1-2H3. The number of thiophene rings is 1. The molecule has 2 aromatic rings. The van der Waals surface area contributed by atoms with E-state index in [4.69, 9.17) is 0 Å². The van der Waals surface area contributed by atoms with Gasteiger partial charge in [0.2, 0.25) is 0 Å². The Hall–Kier alpha value is -1.95. The average Bonchev–Trinajstić information content (AvgIpc) is 3.14. The van der Waals surface area contributed by atoms with Crippen LogP contribution in [-0.4, -0.2) is 16.2 Å². The summed E-state index contributed by atoms with van der Waals surface area (Å²) in [5.74, 6) is 0. The van der Waals surface area contributed by atoms with Gasteiger partial charge in [-0.25, -0.2) is 0 Å². The Bertz CT molecular complexity index is 688. The number of nitrogens with one attached hydrogen (secondary N) is 1. The largest absolute Gasteiger partial charge is 0.352 e. The summed E-state index contributed by atoms with van der Waals surface area (Å²) in [4.78, 5) is 26.1. The fourth-order valence-electron chi connectivity index (χ4n) is 2.69. The van der Waals surface area contributed by atoms with E-state index in [1.54, 1.807) is 6.07 Å². The van der Waals surface area contributed by atoms with E-state index < -0.39 is 0 Å². The van der Waals surface area contributed by atoms with Crippen LogP contribution in [0.2, 0.25) is 0 Å². The first-order valence-electron chi connectivity index (χ1n) is 8.05. The fraction of sp³-hybridized carbons (Fsp3) is 0.471. The maximum Gasteiger partial charge on any atom is 0.328 e. The van der Waals surface area contributed by atoms with Gasteiger partial charge in [0.15, 0.2) is 6.29 Å². The van der Waals surface area contributed by atoms with Gasteiger partial charge in [-0.15, -0.1) is 0 Å². The van der Waals surface area contributed by atoms with Crippen LogP contribution in [0, 0.1) is 10.1 Å². The van der Waals surface area contributed by atoms with E-state index >= 15 is 0 Å². The zero-order chi connectivity index (χ0) is 16.8. The lowest BCUT2D eigenvalue weighted by atomic mass is 9.99. The van der Waals surface area contributed by atoms with E-state index in [1.165, 1.54) is 11.3 Å². The van der Waals surface area contributed by atoms with Crippen molar-refractivity contribution in [3.63, 3.8) is 0 Å².